The van der Waals surface area contributed by atoms with Gasteiger partial charge < -0.3 is 20.1 Å². The summed E-state index contributed by atoms with van der Waals surface area (Å²) >= 11 is 0. The smallest absolute Gasteiger partial charge is 0.333 e. The second-order valence-electron chi connectivity index (χ2n) is 6.40. The lowest BCUT2D eigenvalue weighted by Crippen LogP contribution is -2.42. The summed E-state index contributed by atoms with van der Waals surface area (Å²) in [6.07, 6.45) is 0. The van der Waals surface area contributed by atoms with Gasteiger partial charge in [0.15, 0.2) is 5.54 Å². The van der Waals surface area contributed by atoms with E-state index in [1.54, 1.807) is 0 Å². The minimum Gasteiger partial charge on any atom is -0.460 e. The number of rotatable bonds is 12. The molecule has 0 aliphatic heterocycles. The van der Waals surface area contributed by atoms with Crippen LogP contribution in [0.25, 0.3) is 0 Å². The molecule has 0 aromatic rings. The van der Waals surface area contributed by atoms with Gasteiger partial charge in [0.25, 0.3) is 0 Å². The molecule has 0 aromatic carbocycles. The molecule has 0 aromatic heterocycles. The molecule has 0 radical (unpaired) electrons. The van der Waals surface area contributed by atoms with Crippen LogP contribution in [0, 0.1) is 0 Å². The van der Waals surface area contributed by atoms with Crippen molar-refractivity contribution in [3.8, 4) is 0 Å². The van der Waals surface area contributed by atoms with E-state index in [9.17, 15) is 19.2 Å². The first-order valence-electron chi connectivity index (χ1n) is 8.56. The molecule has 156 valence electrons. The van der Waals surface area contributed by atoms with Crippen LogP contribution in [0.15, 0.2) is 34.5 Å². The number of nitrogens with one attached hydrogen (secondary N) is 2. The van der Waals surface area contributed by atoms with Crippen LogP contribution in [0.5, 0.6) is 0 Å². The molecule has 0 aliphatic rings. The molecule has 10 nitrogen and oxygen atoms in total. The number of hydrogen-bond acceptors (Lipinski definition) is 8. The van der Waals surface area contributed by atoms with E-state index < -0.39 is 29.3 Å². The summed E-state index contributed by atoms with van der Waals surface area (Å²) in [4.78, 5) is 46.1. The average Bonchev–Trinajstić information content (AvgIpc) is 2.61. The highest BCUT2D eigenvalue weighted by atomic mass is 16.5. The maximum Gasteiger partial charge on any atom is 0.333 e. The number of ether oxygens (including phenoxy) is 2. The van der Waals surface area contributed by atoms with Gasteiger partial charge in [-0.1, -0.05) is 13.2 Å². The number of esters is 2. The molecule has 0 heterocycles. The maximum absolute atomic E-state index is 12.1. The van der Waals surface area contributed by atoms with Gasteiger partial charge in [-0.05, 0) is 27.7 Å². The first-order chi connectivity index (χ1) is 13.0. The predicted octanol–water partition coefficient (Wildman–Crippen LogP) is 0.688. The fourth-order valence-corrected chi connectivity index (χ4v) is 1.48. The first kappa shape index (κ1) is 25.0. The number of nitrogens with zero attached hydrogens (tertiary/aromatic N) is 2. The van der Waals surface area contributed by atoms with Gasteiger partial charge in [-0.3, -0.25) is 9.59 Å². The van der Waals surface area contributed by atoms with Gasteiger partial charge >= 0.3 is 11.9 Å². The van der Waals surface area contributed by atoms with Crippen molar-refractivity contribution < 1.29 is 28.7 Å². The van der Waals surface area contributed by atoms with Crippen molar-refractivity contribution in [3.05, 3.63) is 24.3 Å². The topological polar surface area (TPSA) is 136 Å². The molecule has 0 saturated heterocycles. The van der Waals surface area contributed by atoms with Gasteiger partial charge in [0, 0.05) is 11.1 Å². The molecule has 0 aliphatic carbocycles. The van der Waals surface area contributed by atoms with E-state index in [1.807, 2.05) is 0 Å². The molecule has 0 rings (SSSR count). The van der Waals surface area contributed by atoms with Gasteiger partial charge in [-0.2, -0.15) is 10.2 Å². The lowest BCUT2D eigenvalue weighted by atomic mass is 10.1. The van der Waals surface area contributed by atoms with Crippen LogP contribution in [0.4, 0.5) is 0 Å². The molecular formula is C18H28N4O6. The molecule has 2 N–H and O–H groups in total. The van der Waals surface area contributed by atoms with Crippen molar-refractivity contribution in [1.29, 1.82) is 0 Å². The standard InChI is InChI=1S/C18H28N4O6/c1-12(2)15(24)27-9-7-19-14(23)11-21-22-18(5,6)17(26)20-8-10-28-16(25)13(3)4/h1,3,7-11H2,2,4-6H3,(H,19,23)(H,20,26). The molecule has 0 atom stereocenters. The Balaban J connectivity index is 4.14. The monoisotopic (exact) mass is 396 g/mol. The lowest BCUT2D eigenvalue weighted by molar-refractivity contribution is -0.140. The molecule has 10 heteroatoms. The molecule has 2 amide bonds. The first-order valence-corrected chi connectivity index (χ1v) is 8.56. The van der Waals surface area contributed by atoms with Crippen molar-refractivity contribution in [1.82, 2.24) is 10.6 Å². The zero-order valence-corrected chi connectivity index (χ0v) is 16.8. The Kier molecular flexibility index (Phi) is 11.0. The van der Waals surface area contributed by atoms with E-state index in [0.29, 0.717) is 0 Å². The molecule has 0 fully saturated rings. The number of carbonyl (C=O) groups is 4. The average molecular weight is 396 g/mol. The van der Waals surface area contributed by atoms with Gasteiger partial charge in [0.1, 0.15) is 19.8 Å². The van der Waals surface area contributed by atoms with Crippen LogP contribution in [-0.2, 0) is 28.7 Å². The minimum atomic E-state index is -1.20. The summed E-state index contributed by atoms with van der Waals surface area (Å²) < 4.78 is 9.68. The summed E-state index contributed by atoms with van der Waals surface area (Å²) in [6, 6.07) is 0. The number of hydrogen-bond donors (Lipinski definition) is 2. The number of azo groups is 1. The zero-order chi connectivity index (χ0) is 21.7. The van der Waals surface area contributed by atoms with Gasteiger partial charge in [-0.25, -0.2) is 9.59 Å². The fraction of sp³-hybridized carbons (Fsp3) is 0.556. The molecule has 0 saturated carbocycles. The van der Waals surface area contributed by atoms with Gasteiger partial charge in [0.2, 0.25) is 11.8 Å². The predicted molar refractivity (Wildman–Crippen MR) is 101 cm³/mol. The van der Waals surface area contributed by atoms with E-state index in [4.69, 9.17) is 9.47 Å². The second kappa shape index (κ2) is 12.4. The van der Waals surface area contributed by atoms with Crippen LogP contribution >= 0.6 is 0 Å². The fourth-order valence-electron chi connectivity index (χ4n) is 1.48. The minimum absolute atomic E-state index is 0.00299. The molecule has 0 bridgehead atoms. The summed E-state index contributed by atoms with van der Waals surface area (Å²) in [5.41, 5.74) is -0.655. The van der Waals surface area contributed by atoms with Gasteiger partial charge in [-0.15, -0.1) is 0 Å². The number of carbonyl (C=O) groups excluding carboxylic acids is 4. The second-order valence-corrected chi connectivity index (χ2v) is 6.40. The third-order valence-corrected chi connectivity index (χ3v) is 3.07. The Morgan fingerprint density at radius 1 is 0.893 bits per heavy atom. The SMILES string of the molecule is C=C(C)C(=O)OCCNC(=O)CN=NC(C)(C)C(=O)NCCOC(=O)C(=C)C. The van der Waals surface area contributed by atoms with Crippen LogP contribution < -0.4 is 10.6 Å². The van der Waals surface area contributed by atoms with Crippen molar-refractivity contribution >= 4 is 23.8 Å². The Morgan fingerprint density at radius 2 is 1.36 bits per heavy atom. The Bertz CT molecular complexity index is 654. The summed E-state index contributed by atoms with van der Waals surface area (Å²) in [7, 11) is 0. The van der Waals surface area contributed by atoms with E-state index in [2.05, 4.69) is 34.0 Å². The molecular weight excluding hydrogens is 368 g/mol. The van der Waals surface area contributed by atoms with Crippen LogP contribution in [0.3, 0.4) is 0 Å². The van der Waals surface area contributed by atoms with Crippen LogP contribution in [-0.4, -0.2) is 62.1 Å². The maximum atomic E-state index is 12.1. The van der Waals surface area contributed by atoms with Crippen LogP contribution in [0.1, 0.15) is 27.7 Å². The number of amides is 2. The summed E-state index contributed by atoms with van der Waals surface area (Å²) in [6.45, 7) is 13.0. The highest BCUT2D eigenvalue weighted by molar-refractivity contribution is 5.87. The Morgan fingerprint density at radius 3 is 1.82 bits per heavy atom. The van der Waals surface area contributed by atoms with E-state index >= 15 is 0 Å². The highest BCUT2D eigenvalue weighted by Gasteiger charge is 2.27. The van der Waals surface area contributed by atoms with Crippen molar-refractivity contribution in [3.63, 3.8) is 0 Å². The largest absolute Gasteiger partial charge is 0.460 e. The Hall–Kier alpha value is -3.04. The van der Waals surface area contributed by atoms with Crippen molar-refractivity contribution in [2.75, 3.05) is 32.8 Å². The highest BCUT2D eigenvalue weighted by Crippen LogP contribution is 2.09. The summed E-state index contributed by atoms with van der Waals surface area (Å²) in [5, 5.41) is 12.6. The molecule has 28 heavy (non-hydrogen) atoms. The summed E-state index contributed by atoms with van der Waals surface area (Å²) in [5.74, 6) is -1.93. The lowest BCUT2D eigenvalue weighted by Gasteiger charge is -2.17. The van der Waals surface area contributed by atoms with E-state index in [-0.39, 0.29) is 44.0 Å². The van der Waals surface area contributed by atoms with E-state index in [0.717, 1.165) is 0 Å². The van der Waals surface area contributed by atoms with Gasteiger partial charge in [0.05, 0.1) is 13.1 Å². The third kappa shape index (κ3) is 10.8. The van der Waals surface area contributed by atoms with Crippen molar-refractivity contribution in [2.45, 2.75) is 33.2 Å². The quantitative estimate of drug-likeness (QED) is 0.216. The normalized spacial score (nSPS) is 10.9. The third-order valence-electron chi connectivity index (χ3n) is 3.07. The van der Waals surface area contributed by atoms with Crippen molar-refractivity contribution in [2.24, 2.45) is 10.2 Å². The molecule has 0 unspecified atom stereocenters. The molecule has 0 spiro atoms. The Labute approximate surface area is 164 Å². The van der Waals surface area contributed by atoms with E-state index in [1.165, 1.54) is 27.7 Å². The zero-order valence-electron chi connectivity index (χ0n) is 16.8. The van der Waals surface area contributed by atoms with Crippen LogP contribution in [0.2, 0.25) is 0 Å².